The summed E-state index contributed by atoms with van der Waals surface area (Å²) in [7, 11) is 0. The number of hydrogen-bond donors (Lipinski definition) is 0. The van der Waals surface area contributed by atoms with E-state index in [4.69, 9.17) is 19.8 Å². The van der Waals surface area contributed by atoms with Crippen molar-refractivity contribution in [2.24, 2.45) is 0 Å². The Bertz CT molecular complexity index is 86.6. The topological polar surface area (TPSA) is 89.5 Å². The number of ether oxygens (including phenoxy) is 1. The molecule has 0 amide bonds. The molecule has 0 bridgehead atoms. The first kappa shape index (κ1) is 10.7. The van der Waals surface area contributed by atoms with Crippen molar-refractivity contribution in [2.45, 2.75) is 0 Å². The minimum atomic E-state index is -2.12. The standard InChI is InChI=1S/C2H2O5.Na/c3-1(4)7-2(5)6;/h(H,3,4)(H,5,6);/q;+1/p-2. The van der Waals surface area contributed by atoms with Crippen LogP contribution in [0.2, 0.25) is 0 Å². The summed E-state index contributed by atoms with van der Waals surface area (Å²) in [5.41, 5.74) is 0. The fourth-order valence-corrected chi connectivity index (χ4v) is 0.0680. The summed E-state index contributed by atoms with van der Waals surface area (Å²) in [4.78, 5) is 18.1. The average molecular weight is 127 g/mol. The van der Waals surface area contributed by atoms with Crippen LogP contribution in [0.3, 0.4) is 0 Å². The van der Waals surface area contributed by atoms with Crippen molar-refractivity contribution >= 4 is 12.3 Å². The first-order valence-electron chi connectivity index (χ1n) is 1.22. The Morgan fingerprint density at radius 1 is 1.12 bits per heavy atom. The fraction of sp³-hybridized carbons (Fsp3) is 0. The molecule has 0 aliphatic heterocycles. The van der Waals surface area contributed by atoms with Gasteiger partial charge in [-0.15, -0.1) is 0 Å². The van der Waals surface area contributed by atoms with E-state index in [1.54, 1.807) is 0 Å². The zero-order chi connectivity index (χ0) is 5.86. The number of rotatable bonds is 0. The summed E-state index contributed by atoms with van der Waals surface area (Å²) in [5.74, 6) is 0. The van der Waals surface area contributed by atoms with Gasteiger partial charge in [-0.3, -0.25) is 0 Å². The van der Waals surface area contributed by atoms with Crippen molar-refractivity contribution < 1.29 is 54.1 Å². The summed E-state index contributed by atoms with van der Waals surface area (Å²) in [6, 6.07) is 0. The molecule has 0 N–H and O–H groups in total. The molecule has 0 aromatic heterocycles. The van der Waals surface area contributed by atoms with E-state index in [0.29, 0.717) is 0 Å². The first-order chi connectivity index (χ1) is 3.13. The van der Waals surface area contributed by atoms with Gasteiger partial charge in [0.2, 0.25) is 0 Å². The zero-order valence-electron chi connectivity index (χ0n) is 4.04. The molecule has 40 valence electrons. The Hall–Kier alpha value is -0.260. The average Bonchev–Trinajstić information content (AvgIpc) is 1.27. The Morgan fingerprint density at radius 3 is 1.38 bits per heavy atom. The van der Waals surface area contributed by atoms with Crippen LogP contribution in [0.5, 0.6) is 0 Å². The monoisotopic (exact) mass is 127 g/mol. The van der Waals surface area contributed by atoms with Gasteiger partial charge in [0.15, 0.2) is 0 Å². The van der Waals surface area contributed by atoms with Crippen LogP contribution in [0.25, 0.3) is 0 Å². The van der Waals surface area contributed by atoms with Crippen molar-refractivity contribution in [3.05, 3.63) is 0 Å². The van der Waals surface area contributed by atoms with E-state index in [2.05, 4.69) is 4.74 Å². The normalized spacial score (nSPS) is 6.50. The molecule has 0 aromatic carbocycles. The molecule has 0 saturated carbocycles. The minimum Gasteiger partial charge on any atom is -0.483 e. The molecule has 0 saturated heterocycles. The predicted molar refractivity (Wildman–Crippen MR) is 11.9 cm³/mol. The Balaban J connectivity index is 0. The molecule has 0 aliphatic rings. The van der Waals surface area contributed by atoms with Gasteiger partial charge in [0.25, 0.3) is 12.3 Å². The molecule has 0 unspecified atom stereocenters. The van der Waals surface area contributed by atoms with Gasteiger partial charge >= 0.3 is 29.6 Å². The Morgan fingerprint density at radius 2 is 1.38 bits per heavy atom. The summed E-state index contributed by atoms with van der Waals surface area (Å²) in [6.07, 6.45) is -4.25. The second-order valence-corrected chi connectivity index (χ2v) is 0.602. The zero-order valence-corrected chi connectivity index (χ0v) is 6.04. The summed E-state index contributed by atoms with van der Waals surface area (Å²) in [5, 5.41) is 18.1. The van der Waals surface area contributed by atoms with Crippen molar-refractivity contribution in [2.75, 3.05) is 0 Å². The maximum absolute atomic E-state index is 9.06. The summed E-state index contributed by atoms with van der Waals surface area (Å²) >= 11 is 0. The number of carbonyl (C=O) groups excluding carboxylic acids is 2. The van der Waals surface area contributed by atoms with Gasteiger partial charge in [-0.05, 0) is 0 Å². The number of hydrogen-bond acceptors (Lipinski definition) is 5. The van der Waals surface area contributed by atoms with Crippen LogP contribution < -0.4 is 39.8 Å². The maximum Gasteiger partial charge on any atom is 1.00 e. The quantitative estimate of drug-likeness (QED) is 0.184. The van der Waals surface area contributed by atoms with Crippen LogP contribution in [0.15, 0.2) is 0 Å². The van der Waals surface area contributed by atoms with Gasteiger partial charge in [0.1, 0.15) is 0 Å². The molecule has 0 radical (unpaired) electrons. The Labute approximate surface area is 66.5 Å². The van der Waals surface area contributed by atoms with Crippen LogP contribution in [-0.4, -0.2) is 12.3 Å². The van der Waals surface area contributed by atoms with E-state index in [1.165, 1.54) is 0 Å². The summed E-state index contributed by atoms with van der Waals surface area (Å²) in [6.45, 7) is 0. The largest absolute Gasteiger partial charge is 1.00 e. The summed E-state index contributed by atoms with van der Waals surface area (Å²) < 4.78 is 2.86. The molecular weight excluding hydrogens is 127 g/mol. The maximum atomic E-state index is 9.06. The molecule has 0 aliphatic carbocycles. The molecule has 0 aromatic rings. The second kappa shape index (κ2) is 4.89. The van der Waals surface area contributed by atoms with Crippen molar-refractivity contribution in [1.29, 1.82) is 0 Å². The first-order valence-corrected chi connectivity index (χ1v) is 1.22. The third-order valence-corrected chi connectivity index (χ3v) is 0.167. The fourth-order valence-electron chi connectivity index (χ4n) is 0.0680. The van der Waals surface area contributed by atoms with Crippen molar-refractivity contribution in [3.8, 4) is 0 Å². The third-order valence-electron chi connectivity index (χ3n) is 0.167. The van der Waals surface area contributed by atoms with E-state index >= 15 is 0 Å². The van der Waals surface area contributed by atoms with Crippen LogP contribution in [0.1, 0.15) is 0 Å². The Kier molecular flexibility index (Phi) is 6.52. The van der Waals surface area contributed by atoms with Crippen LogP contribution >= 0.6 is 0 Å². The SMILES string of the molecule is O=C([O-])OC(=O)[O-].[Na+]. The van der Waals surface area contributed by atoms with E-state index in [-0.39, 0.29) is 29.6 Å². The second-order valence-electron chi connectivity index (χ2n) is 0.602. The smallest absolute Gasteiger partial charge is 0.483 e. The predicted octanol–water partition coefficient (Wildman–Crippen LogP) is -5.31. The van der Waals surface area contributed by atoms with E-state index < -0.39 is 12.3 Å². The molecular formula is C2NaO5-. The van der Waals surface area contributed by atoms with Crippen LogP contribution in [0, 0.1) is 0 Å². The molecule has 0 atom stereocenters. The van der Waals surface area contributed by atoms with Crippen molar-refractivity contribution in [3.63, 3.8) is 0 Å². The van der Waals surface area contributed by atoms with Gasteiger partial charge in [-0.2, -0.15) is 0 Å². The molecule has 0 spiro atoms. The van der Waals surface area contributed by atoms with Gasteiger partial charge in [-0.1, -0.05) is 0 Å². The minimum absolute atomic E-state index is 0. The van der Waals surface area contributed by atoms with Gasteiger partial charge in [-0.25, -0.2) is 0 Å². The third kappa shape index (κ3) is 9.22. The van der Waals surface area contributed by atoms with Crippen LogP contribution in [0.4, 0.5) is 9.59 Å². The van der Waals surface area contributed by atoms with Crippen molar-refractivity contribution in [1.82, 2.24) is 0 Å². The van der Waals surface area contributed by atoms with E-state index in [9.17, 15) is 0 Å². The number of carboxylic acid groups (broad SMARTS) is 2. The van der Waals surface area contributed by atoms with Gasteiger partial charge in [0, 0.05) is 0 Å². The van der Waals surface area contributed by atoms with Gasteiger partial charge in [0.05, 0.1) is 0 Å². The molecule has 0 rings (SSSR count). The van der Waals surface area contributed by atoms with Gasteiger partial charge < -0.3 is 24.5 Å². The van der Waals surface area contributed by atoms with Crippen LogP contribution in [-0.2, 0) is 4.74 Å². The molecule has 0 heterocycles. The van der Waals surface area contributed by atoms with E-state index in [0.717, 1.165) is 0 Å². The molecule has 0 fully saturated rings. The number of carbonyl (C=O) groups is 2. The molecule has 5 nitrogen and oxygen atoms in total. The molecule has 8 heavy (non-hydrogen) atoms. The molecule has 6 heteroatoms. The van der Waals surface area contributed by atoms with E-state index in [1.807, 2.05) is 0 Å².